The Morgan fingerprint density at radius 3 is 2.50 bits per heavy atom. The van der Waals surface area contributed by atoms with E-state index in [4.69, 9.17) is 9.47 Å². The summed E-state index contributed by atoms with van der Waals surface area (Å²) in [6, 6.07) is 5.53. The SMILES string of the molecule is CN=C1S/C(=C/c2ccc(OC)c(OC)c2)C(=O)N1C. The van der Waals surface area contributed by atoms with Crippen LogP contribution in [0.3, 0.4) is 0 Å². The number of rotatable bonds is 3. The predicted octanol–water partition coefficient (Wildman–Crippen LogP) is 2.24. The molecule has 0 N–H and O–H groups in total. The number of hydrogen-bond acceptors (Lipinski definition) is 5. The van der Waals surface area contributed by atoms with Gasteiger partial charge in [-0.2, -0.15) is 0 Å². The third kappa shape index (κ3) is 2.65. The molecule has 1 aromatic carbocycles. The van der Waals surface area contributed by atoms with Crippen LogP contribution in [0.25, 0.3) is 6.08 Å². The minimum Gasteiger partial charge on any atom is -0.493 e. The molecule has 6 heteroatoms. The highest BCUT2D eigenvalue weighted by Crippen LogP contribution is 2.33. The van der Waals surface area contributed by atoms with Crippen LogP contribution in [0.2, 0.25) is 0 Å². The highest BCUT2D eigenvalue weighted by molar-refractivity contribution is 8.18. The Morgan fingerprint density at radius 1 is 1.25 bits per heavy atom. The third-order valence-corrected chi connectivity index (χ3v) is 4.05. The second kappa shape index (κ2) is 6.00. The first-order valence-electron chi connectivity index (χ1n) is 5.97. The maximum atomic E-state index is 12.1. The van der Waals surface area contributed by atoms with Crippen molar-refractivity contribution in [3.8, 4) is 11.5 Å². The Morgan fingerprint density at radius 2 is 1.95 bits per heavy atom. The molecule has 0 aromatic heterocycles. The summed E-state index contributed by atoms with van der Waals surface area (Å²) in [5.41, 5.74) is 0.879. The lowest BCUT2D eigenvalue weighted by Crippen LogP contribution is -2.23. The zero-order valence-corrected chi connectivity index (χ0v) is 12.7. The van der Waals surface area contributed by atoms with Crippen molar-refractivity contribution in [2.24, 2.45) is 4.99 Å². The van der Waals surface area contributed by atoms with Crippen LogP contribution < -0.4 is 9.47 Å². The summed E-state index contributed by atoms with van der Waals surface area (Å²) >= 11 is 1.36. The Hall–Kier alpha value is -1.95. The van der Waals surface area contributed by atoms with Crippen molar-refractivity contribution in [1.29, 1.82) is 0 Å². The van der Waals surface area contributed by atoms with E-state index in [2.05, 4.69) is 4.99 Å². The minimum atomic E-state index is -0.0506. The van der Waals surface area contributed by atoms with E-state index in [0.717, 1.165) is 5.56 Å². The van der Waals surface area contributed by atoms with Gasteiger partial charge in [0.15, 0.2) is 16.7 Å². The molecule has 2 rings (SSSR count). The van der Waals surface area contributed by atoms with Gasteiger partial charge in [-0.15, -0.1) is 0 Å². The zero-order chi connectivity index (χ0) is 14.7. The van der Waals surface area contributed by atoms with E-state index in [-0.39, 0.29) is 5.91 Å². The van der Waals surface area contributed by atoms with Gasteiger partial charge in [0.25, 0.3) is 5.91 Å². The van der Waals surface area contributed by atoms with Crippen molar-refractivity contribution >= 4 is 28.9 Å². The first kappa shape index (κ1) is 14.5. The smallest absolute Gasteiger partial charge is 0.266 e. The van der Waals surface area contributed by atoms with E-state index in [0.29, 0.717) is 21.6 Å². The molecule has 1 saturated heterocycles. The Bertz CT molecular complexity index is 596. The molecule has 5 nitrogen and oxygen atoms in total. The number of benzene rings is 1. The Kier molecular flexibility index (Phi) is 4.34. The molecule has 20 heavy (non-hydrogen) atoms. The molecule has 1 aromatic rings. The lowest BCUT2D eigenvalue weighted by atomic mass is 10.2. The van der Waals surface area contributed by atoms with Gasteiger partial charge in [-0.05, 0) is 35.5 Å². The van der Waals surface area contributed by atoms with Gasteiger partial charge in [-0.3, -0.25) is 14.7 Å². The summed E-state index contributed by atoms with van der Waals surface area (Å²) in [7, 11) is 6.56. The van der Waals surface area contributed by atoms with E-state index in [1.807, 2.05) is 24.3 Å². The number of carbonyl (C=O) groups is 1. The molecule has 0 atom stereocenters. The largest absolute Gasteiger partial charge is 0.493 e. The van der Waals surface area contributed by atoms with Crippen molar-refractivity contribution in [3.05, 3.63) is 28.7 Å². The number of methoxy groups -OCH3 is 2. The molecule has 0 bridgehead atoms. The molecule has 1 fully saturated rings. The number of aliphatic imine (C=N–C) groups is 1. The summed E-state index contributed by atoms with van der Waals surface area (Å²) in [5, 5.41) is 0.696. The van der Waals surface area contributed by atoms with Crippen LogP contribution in [0.1, 0.15) is 5.56 Å². The van der Waals surface area contributed by atoms with Gasteiger partial charge >= 0.3 is 0 Å². The molecule has 0 spiro atoms. The van der Waals surface area contributed by atoms with Gasteiger partial charge in [-0.1, -0.05) is 6.07 Å². The number of thioether (sulfide) groups is 1. The van der Waals surface area contributed by atoms with E-state index in [1.54, 1.807) is 28.3 Å². The number of nitrogens with zero attached hydrogens (tertiary/aromatic N) is 2. The number of ether oxygens (including phenoxy) is 2. The monoisotopic (exact) mass is 292 g/mol. The lowest BCUT2D eigenvalue weighted by molar-refractivity contribution is -0.121. The molecular weight excluding hydrogens is 276 g/mol. The van der Waals surface area contributed by atoms with Gasteiger partial charge in [0.05, 0.1) is 19.1 Å². The Labute approximate surface area is 122 Å². The number of likely N-dealkylation sites (N-methyl/N-ethyl adjacent to an activating group) is 1. The molecule has 0 unspecified atom stereocenters. The number of hydrogen-bond donors (Lipinski definition) is 0. The molecule has 1 heterocycles. The summed E-state index contributed by atoms with van der Waals surface area (Å²) in [5.74, 6) is 1.24. The van der Waals surface area contributed by atoms with E-state index < -0.39 is 0 Å². The maximum Gasteiger partial charge on any atom is 0.266 e. The van der Waals surface area contributed by atoms with Crippen molar-refractivity contribution in [2.45, 2.75) is 0 Å². The second-order valence-corrected chi connectivity index (χ2v) is 5.10. The van der Waals surface area contributed by atoms with Gasteiger partial charge in [0.1, 0.15) is 0 Å². The molecule has 1 amide bonds. The lowest BCUT2D eigenvalue weighted by Gasteiger charge is -2.08. The first-order valence-corrected chi connectivity index (χ1v) is 6.78. The Balaban J connectivity index is 2.34. The average molecular weight is 292 g/mol. The highest BCUT2D eigenvalue weighted by Gasteiger charge is 2.29. The number of amidine groups is 1. The van der Waals surface area contributed by atoms with Crippen molar-refractivity contribution in [2.75, 3.05) is 28.3 Å². The summed E-state index contributed by atoms with van der Waals surface area (Å²) in [4.78, 5) is 18.3. The van der Waals surface area contributed by atoms with Crippen LogP contribution in [0, 0.1) is 0 Å². The van der Waals surface area contributed by atoms with Crippen LogP contribution in [0.5, 0.6) is 11.5 Å². The third-order valence-electron chi connectivity index (χ3n) is 2.90. The highest BCUT2D eigenvalue weighted by atomic mass is 32.2. The molecule has 106 valence electrons. The van der Waals surface area contributed by atoms with Crippen molar-refractivity contribution < 1.29 is 14.3 Å². The van der Waals surface area contributed by atoms with Gasteiger partial charge < -0.3 is 9.47 Å². The fourth-order valence-corrected chi connectivity index (χ4v) is 2.77. The van der Waals surface area contributed by atoms with Crippen LogP contribution in [0.15, 0.2) is 28.1 Å². The first-order chi connectivity index (χ1) is 9.60. The molecule has 0 saturated carbocycles. The normalized spacial score (nSPS) is 19.0. The average Bonchev–Trinajstić information content (AvgIpc) is 2.75. The molecule has 0 radical (unpaired) electrons. The van der Waals surface area contributed by atoms with Gasteiger partial charge in [0, 0.05) is 14.1 Å². The summed E-state index contributed by atoms with van der Waals surface area (Å²) < 4.78 is 10.4. The van der Waals surface area contributed by atoms with Crippen LogP contribution in [-0.2, 0) is 4.79 Å². The molecular formula is C14H16N2O3S. The fourth-order valence-electron chi connectivity index (χ4n) is 1.84. The van der Waals surface area contributed by atoms with Crippen LogP contribution >= 0.6 is 11.8 Å². The fraction of sp³-hybridized carbons (Fsp3) is 0.286. The zero-order valence-electron chi connectivity index (χ0n) is 11.8. The second-order valence-electron chi connectivity index (χ2n) is 4.10. The summed E-state index contributed by atoms with van der Waals surface area (Å²) in [6.07, 6.45) is 1.82. The standard InChI is InChI=1S/C14H16N2O3S/c1-15-14-16(2)13(17)12(20-14)8-9-5-6-10(18-3)11(7-9)19-4/h5-8H,1-4H3/b12-8+,15-14?. The van der Waals surface area contributed by atoms with Crippen LogP contribution in [0.4, 0.5) is 0 Å². The van der Waals surface area contributed by atoms with E-state index >= 15 is 0 Å². The predicted molar refractivity (Wildman–Crippen MR) is 81.2 cm³/mol. The van der Waals surface area contributed by atoms with Crippen LogP contribution in [-0.4, -0.2) is 44.3 Å². The maximum absolute atomic E-state index is 12.1. The molecule has 1 aliphatic heterocycles. The topological polar surface area (TPSA) is 51.1 Å². The number of carbonyl (C=O) groups excluding carboxylic acids is 1. The van der Waals surface area contributed by atoms with Crippen molar-refractivity contribution in [3.63, 3.8) is 0 Å². The van der Waals surface area contributed by atoms with Crippen molar-refractivity contribution in [1.82, 2.24) is 4.90 Å². The summed E-state index contributed by atoms with van der Waals surface area (Å²) in [6.45, 7) is 0. The molecule has 0 aliphatic carbocycles. The van der Waals surface area contributed by atoms with E-state index in [1.165, 1.54) is 16.7 Å². The van der Waals surface area contributed by atoms with E-state index in [9.17, 15) is 4.79 Å². The molecule has 1 aliphatic rings. The number of amides is 1. The van der Waals surface area contributed by atoms with Gasteiger partial charge in [0.2, 0.25) is 0 Å². The quantitative estimate of drug-likeness (QED) is 0.802. The minimum absolute atomic E-state index is 0.0506. The van der Waals surface area contributed by atoms with Gasteiger partial charge in [-0.25, -0.2) is 0 Å².